The molecule has 3 rings (SSSR count). The Morgan fingerprint density at radius 3 is 3.00 bits per heavy atom. The second-order valence-corrected chi connectivity index (χ2v) is 6.05. The largest absolute Gasteiger partial charge is 0.307 e. The van der Waals surface area contributed by atoms with Crippen molar-refractivity contribution in [3.05, 3.63) is 12.2 Å². The number of hydrogen-bond acceptors (Lipinski definition) is 3. The van der Waals surface area contributed by atoms with E-state index in [9.17, 15) is 0 Å². The van der Waals surface area contributed by atoms with E-state index in [-0.39, 0.29) is 0 Å². The molecule has 18 heavy (non-hydrogen) atoms. The van der Waals surface area contributed by atoms with Crippen molar-refractivity contribution in [3.8, 4) is 0 Å². The van der Waals surface area contributed by atoms with Gasteiger partial charge in [0, 0.05) is 0 Å². The fourth-order valence-electron chi connectivity index (χ4n) is 3.96. The summed E-state index contributed by atoms with van der Waals surface area (Å²) in [5.74, 6) is 3.94. The molecular weight excluding hydrogens is 224 g/mol. The summed E-state index contributed by atoms with van der Waals surface area (Å²) in [4.78, 5) is 4.34. The minimum absolute atomic E-state index is 0.372. The molecule has 2 saturated carbocycles. The van der Waals surface area contributed by atoms with Crippen LogP contribution in [0.1, 0.15) is 57.3 Å². The molecule has 0 amide bonds. The van der Waals surface area contributed by atoms with Gasteiger partial charge in [0.15, 0.2) is 0 Å². The molecular formula is C14H24N4. The van der Waals surface area contributed by atoms with Crippen LogP contribution < -0.4 is 5.32 Å². The normalized spacial score (nSPS) is 31.9. The second kappa shape index (κ2) is 5.39. The average Bonchev–Trinajstić information content (AvgIpc) is 3.09. The van der Waals surface area contributed by atoms with Crippen molar-refractivity contribution in [2.45, 2.75) is 51.5 Å². The van der Waals surface area contributed by atoms with Crippen LogP contribution in [0.4, 0.5) is 0 Å². The summed E-state index contributed by atoms with van der Waals surface area (Å²) in [5, 5.41) is 10.7. The summed E-state index contributed by atoms with van der Waals surface area (Å²) in [6, 6.07) is 0.372. The molecule has 2 N–H and O–H groups in total. The highest BCUT2D eigenvalue weighted by atomic mass is 15.2. The summed E-state index contributed by atoms with van der Waals surface area (Å²) >= 11 is 0. The third kappa shape index (κ3) is 2.44. The van der Waals surface area contributed by atoms with Gasteiger partial charge in [-0.05, 0) is 56.4 Å². The number of nitrogens with one attached hydrogen (secondary N) is 2. The van der Waals surface area contributed by atoms with Gasteiger partial charge in [0.1, 0.15) is 12.2 Å². The van der Waals surface area contributed by atoms with Gasteiger partial charge in [0.2, 0.25) is 0 Å². The van der Waals surface area contributed by atoms with Gasteiger partial charge in [-0.3, -0.25) is 5.10 Å². The van der Waals surface area contributed by atoms with Crippen LogP contribution in [0.5, 0.6) is 0 Å². The van der Waals surface area contributed by atoms with Crippen LogP contribution in [-0.4, -0.2) is 21.7 Å². The van der Waals surface area contributed by atoms with E-state index in [1.165, 1.54) is 38.5 Å². The van der Waals surface area contributed by atoms with Gasteiger partial charge < -0.3 is 5.32 Å². The number of aromatic nitrogens is 3. The molecule has 1 aromatic heterocycles. The van der Waals surface area contributed by atoms with Gasteiger partial charge in [-0.25, -0.2) is 4.98 Å². The van der Waals surface area contributed by atoms with Crippen molar-refractivity contribution in [1.29, 1.82) is 0 Å². The number of rotatable bonds is 6. The van der Waals surface area contributed by atoms with E-state index in [1.807, 2.05) is 0 Å². The lowest BCUT2D eigenvalue weighted by atomic mass is 9.84. The van der Waals surface area contributed by atoms with Gasteiger partial charge in [0.05, 0.1) is 6.04 Å². The van der Waals surface area contributed by atoms with Crippen LogP contribution in [-0.2, 0) is 0 Å². The second-order valence-electron chi connectivity index (χ2n) is 6.05. The predicted molar refractivity (Wildman–Crippen MR) is 71.0 cm³/mol. The predicted octanol–water partition coefficient (Wildman–Crippen LogP) is 2.67. The number of hydrogen-bond donors (Lipinski definition) is 2. The van der Waals surface area contributed by atoms with E-state index in [1.54, 1.807) is 6.33 Å². The maximum Gasteiger partial charge on any atom is 0.141 e. The molecule has 4 atom stereocenters. The fraction of sp³-hybridized carbons (Fsp3) is 0.857. The van der Waals surface area contributed by atoms with E-state index in [0.29, 0.717) is 6.04 Å². The molecule has 0 aliphatic heterocycles. The van der Waals surface area contributed by atoms with E-state index in [0.717, 1.165) is 30.1 Å². The Morgan fingerprint density at radius 2 is 2.39 bits per heavy atom. The van der Waals surface area contributed by atoms with Crippen LogP contribution in [0.25, 0.3) is 0 Å². The molecule has 4 unspecified atom stereocenters. The molecule has 0 saturated heterocycles. The smallest absolute Gasteiger partial charge is 0.141 e. The summed E-state index contributed by atoms with van der Waals surface area (Å²) in [5.41, 5.74) is 0. The van der Waals surface area contributed by atoms with E-state index in [2.05, 4.69) is 27.4 Å². The highest BCUT2D eigenvalue weighted by molar-refractivity contribution is 4.97. The molecule has 1 aromatic rings. The molecule has 0 radical (unpaired) electrons. The average molecular weight is 248 g/mol. The number of aromatic amines is 1. The quantitative estimate of drug-likeness (QED) is 0.813. The van der Waals surface area contributed by atoms with Gasteiger partial charge in [-0.2, -0.15) is 5.10 Å². The molecule has 4 heteroatoms. The van der Waals surface area contributed by atoms with Gasteiger partial charge in [0.25, 0.3) is 0 Å². The highest BCUT2D eigenvalue weighted by Crippen LogP contribution is 2.50. The van der Waals surface area contributed by atoms with Gasteiger partial charge >= 0.3 is 0 Å². The van der Waals surface area contributed by atoms with E-state index >= 15 is 0 Å². The van der Waals surface area contributed by atoms with Crippen LogP contribution in [0.2, 0.25) is 0 Å². The maximum atomic E-state index is 4.34. The SMILES string of the molecule is CCCNC(CC1CC2CCC1C2)c1ncn[nH]1. The standard InChI is InChI=1S/C14H24N4/c1-2-5-15-13(14-16-9-17-18-14)8-12-7-10-3-4-11(12)6-10/h9-13,15H,2-8H2,1H3,(H,16,17,18). The zero-order valence-corrected chi connectivity index (χ0v) is 11.2. The Balaban J connectivity index is 1.62. The lowest BCUT2D eigenvalue weighted by Crippen LogP contribution is -2.27. The molecule has 2 bridgehead atoms. The Bertz CT molecular complexity index is 362. The Morgan fingerprint density at radius 1 is 1.44 bits per heavy atom. The third-order valence-electron chi connectivity index (χ3n) is 4.83. The van der Waals surface area contributed by atoms with Gasteiger partial charge in [-0.15, -0.1) is 0 Å². The lowest BCUT2D eigenvalue weighted by molar-refractivity contribution is 0.275. The van der Waals surface area contributed by atoms with Crippen LogP contribution in [0, 0.1) is 17.8 Å². The molecule has 1 heterocycles. The monoisotopic (exact) mass is 248 g/mol. The zero-order chi connectivity index (χ0) is 12.4. The number of nitrogens with zero attached hydrogens (tertiary/aromatic N) is 2. The van der Waals surface area contributed by atoms with Crippen molar-refractivity contribution >= 4 is 0 Å². The minimum Gasteiger partial charge on any atom is -0.307 e. The summed E-state index contributed by atoms with van der Waals surface area (Å²) in [6.07, 6.45) is 9.90. The summed E-state index contributed by atoms with van der Waals surface area (Å²) in [6.45, 7) is 3.27. The topological polar surface area (TPSA) is 53.6 Å². The van der Waals surface area contributed by atoms with Crippen molar-refractivity contribution < 1.29 is 0 Å². The molecule has 0 aromatic carbocycles. The summed E-state index contributed by atoms with van der Waals surface area (Å²) in [7, 11) is 0. The molecule has 4 nitrogen and oxygen atoms in total. The van der Waals surface area contributed by atoms with E-state index < -0.39 is 0 Å². The number of H-pyrrole nitrogens is 1. The lowest BCUT2D eigenvalue weighted by Gasteiger charge is -2.26. The molecule has 2 aliphatic rings. The Hall–Kier alpha value is -0.900. The molecule has 2 aliphatic carbocycles. The van der Waals surface area contributed by atoms with Crippen LogP contribution in [0.15, 0.2) is 6.33 Å². The summed E-state index contributed by atoms with van der Waals surface area (Å²) < 4.78 is 0. The number of fused-ring (bicyclic) bond motifs is 2. The van der Waals surface area contributed by atoms with Gasteiger partial charge in [-0.1, -0.05) is 13.3 Å². The van der Waals surface area contributed by atoms with Crippen molar-refractivity contribution in [2.75, 3.05) is 6.54 Å². The Labute approximate surface area is 109 Å². The first-order chi connectivity index (χ1) is 8.86. The minimum atomic E-state index is 0.372. The molecule has 0 spiro atoms. The first-order valence-corrected chi connectivity index (χ1v) is 7.45. The highest BCUT2D eigenvalue weighted by Gasteiger charge is 2.40. The fourth-order valence-corrected chi connectivity index (χ4v) is 3.96. The van der Waals surface area contributed by atoms with Crippen LogP contribution in [0.3, 0.4) is 0 Å². The molecule has 2 fully saturated rings. The van der Waals surface area contributed by atoms with Crippen molar-refractivity contribution in [2.24, 2.45) is 17.8 Å². The van der Waals surface area contributed by atoms with E-state index in [4.69, 9.17) is 0 Å². The van der Waals surface area contributed by atoms with Crippen LogP contribution >= 0.6 is 0 Å². The zero-order valence-electron chi connectivity index (χ0n) is 11.2. The van der Waals surface area contributed by atoms with Crippen molar-refractivity contribution in [3.63, 3.8) is 0 Å². The Kier molecular flexibility index (Phi) is 3.64. The first-order valence-electron chi connectivity index (χ1n) is 7.45. The third-order valence-corrected chi connectivity index (χ3v) is 4.83. The first kappa shape index (κ1) is 12.2. The van der Waals surface area contributed by atoms with Crippen molar-refractivity contribution in [1.82, 2.24) is 20.5 Å². The molecule has 100 valence electrons. The maximum absolute atomic E-state index is 4.34.